The lowest BCUT2D eigenvalue weighted by Crippen LogP contribution is -2.46. The van der Waals surface area contributed by atoms with Crippen LogP contribution in [-0.4, -0.2) is 47.7 Å². The van der Waals surface area contributed by atoms with Gasteiger partial charge in [-0.1, -0.05) is 48.5 Å². The van der Waals surface area contributed by atoms with Crippen LogP contribution in [0.25, 0.3) is 21.9 Å². The summed E-state index contributed by atoms with van der Waals surface area (Å²) in [5.41, 5.74) is 4.30. The maximum Gasteiger partial charge on any atom is 0.336 e. The van der Waals surface area contributed by atoms with Crippen LogP contribution >= 0.6 is 0 Å². The van der Waals surface area contributed by atoms with Crippen LogP contribution in [0.5, 0.6) is 0 Å². The van der Waals surface area contributed by atoms with E-state index in [1.165, 1.54) is 12.0 Å². The van der Waals surface area contributed by atoms with Crippen LogP contribution in [-0.2, 0) is 9.53 Å². The van der Waals surface area contributed by atoms with Gasteiger partial charge in [0.1, 0.15) is 6.10 Å². The van der Waals surface area contributed by atoms with Gasteiger partial charge in [-0.05, 0) is 89.5 Å². The number of hydrogen-bond donors (Lipinski definition) is 1. The minimum atomic E-state index is -0.899. The summed E-state index contributed by atoms with van der Waals surface area (Å²) in [5, 5.41) is 11.1. The third-order valence-corrected chi connectivity index (χ3v) is 8.47. The highest BCUT2D eigenvalue weighted by atomic mass is 16.5. The van der Waals surface area contributed by atoms with Gasteiger partial charge in [-0.25, -0.2) is 4.79 Å². The zero-order chi connectivity index (χ0) is 24.0. The van der Waals surface area contributed by atoms with Crippen molar-refractivity contribution in [2.24, 2.45) is 5.41 Å². The molecule has 1 aliphatic carbocycles. The Morgan fingerprint density at radius 2 is 1.71 bits per heavy atom. The fourth-order valence-corrected chi connectivity index (χ4v) is 6.24. The zero-order valence-electron chi connectivity index (χ0n) is 19.9. The van der Waals surface area contributed by atoms with Gasteiger partial charge in [-0.3, -0.25) is 4.79 Å². The summed E-state index contributed by atoms with van der Waals surface area (Å²) in [4.78, 5) is 26.4. The topological polar surface area (TPSA) is 66.8 Å². The zero-order valence-corrected chi connectivity index (χ0v) is 19.9. The third kappa shape index (κ3) is 4.12. The Bertz CT molecular complexity index is 1270. The van der Waals surface area contributed by atoms with Crippen molar-refractivity contribution in [2.45, 2.75) is 50.5 Å². The molecule has 35 heavy (non-hydrogen) atoms. The van der Waals surface area contributed by atoms with E-state index in [1.54, 1.807) is 12.1 Å². The lowest BCUT2D eigenvalue weighted by Gasteiger charge is -2.36. The number of benzene rings is 3. The Balaban J connectivity index is 1.12. The quantitative estimate of drug-likeness (QED) is 0.519. The second-order valence-electron chi connectivity index (χ2n) is 10.5. The molecule has 2 aliphatic heterocycles. The van der Waals surface area contributed by atoms with Gasteiger partial charge in [0.05, 0.1) is 5.56 Å². The number of fused-ring (bicyclic) bond motifs is 1. The molecule has 0 aromatic heterocycles. The predicted molar refractivity (Wildman–Crippen MR) is 136 cm³/mol. The summed E-state index contributed by atoms with van der Waals surface area (Å²) in [6, 6.07) is 20.3. The summed E-state index contributed by atoms with van der Waals surface area (Å²) in [6.45, 7) is 2.42. The second kappa shape index (κ2) is 8.80. The highest BCUT2D eigenvalue weighted by Gasteiger charge is 2.55. The van der Waals surface area contributed by atoms with Gasteiger partial charge in [-0.15, -0.1) is 0 Å². The van der Waals surface area contributed by atoms with E-state index in [0.29, 0.717) is 16.9 Å². The Labute approximate surface area is 205 Å². The fraction of sp³-hybridized carbons (Fsp3) is 0.400. The maximum atomic E-state index is 12.8. The molecule has 2 atom stereocenters. The van der Waals surface area contributed by atoms with E-state index < -0.39 is 5.97 Å². The molecule has 0 radical (unpaired) electrons. The van der Waals surface area contributed by atoms with E-state index in [0.717, 1.165) is 73.7 Å². The first-order chi connectivity index (χ1) is 17.0. The van der Waals surface area contributed by atoms with Crippen molar-refractivity contribution in [3.05, 3.63) is 71.8 Å². The van der Waals surface area contributed by atoms with Crippen molar-refractivity contribution in [2.75, 3.05) is 19.7 Å². The maximum absolute atomic E-state index is 12.8. The van der Waals surface area contributed by atoms with Crippen molar-refractivity contribution in [3.63, 3.8) is 0 Å². The smallest absolute Gasteiger partial charge is 0.336 e. The number of piperidine rings is 1. The largest absolute Gasteiger partial charge is 0.478 e. The van der Waals surface area contributed by atoms with Crippen LogP contribution < -0.4 is 0 Å². The van der Waals surface area contributed by atoms with Crippen LogP contribution in [0.3, 0.4) is 0 Å². The fourth-order valence-electron chi connectivity index (χ4n) is 6.24. The third-order valence-electron chi connectivity index (χ3n) is 8.47. The van der Waals surface area contributed by atoms with Crippen molar-refractivity contribution in [1.29, 1.82) is 0 Å². The van der Waals surface area contributed by atoms with Crippen molar-refractivity contribution >= 4 is 22.6 Å². The molecule has 1 spiro atoms. The standard InChI is InChI=1S/C30H31NO4/c32-28(27-6-1-2-17-35-27)31-15-13-30(14-16-31)19-26(30)21-9-7-20(8-10-21)22-11-12-24-23(18-22)4-3-5-25(24)29(33)34/h3-5,7-12,18,26-27H,1-2,6,13-17,19H2,(H,33,34)/t26-,27-/m1/s1. The van der Waals surface area contributed by atoms with Crippen molar-refractivity contribution in [1.82, 2.24) is 4.90 Å². The van der Waals surface area contributed by atoms with Crippen LogP contribution in [0.1, 0.15) is 60.4 Å². The van der Waals surface area contributed by atoms with Gasteiger partial charge in [0, 0.05) is 19.7 Å². The Morgan fingerprint density at radius 3 is 2.43 bits per heavy atom. The molecule has 3 fully saturated rings. The number of amides is 1. The van der Waals surface area contributed by atoms with Gasteiger partial charge < -0.3 is 14.7 Å². The first kappa shape index (κ1) is 22.3. The summed E-state index contributed by atoms with van der Waals surface area (Å²) in [7, 11) is 0. The summed E-state index contributed by atoms with van der Waals surface area (Å²) in [5.74, 6) is -0.120. The van der Waals surface area contributed by atoms with E-state index in [9.17, 15) is 14.7 Å². The number of nitrogens with zero attached hydrogens (tertiary/aromatic N) is 1. The van der Waals surface area contributed by atoms with Crippen molar-refractivity contribution in [3.8, 4) is 11.1 Å². The van der Waals surface area contributed by atoms with Gasteiger partial charge in [-0.2, -0.15) is 0 Å². The van der Waals surface area contributed by atoms with Gasteiger partial charge in [0.15, 0.2) is 0 Å². The first-order valence-electron chi connectivity index (χ1n) is 12.8. The number of rotatable bonds is 4. The number of carbonyl (C=O) groups is 2. The molecule has 1 N–H and O–H groups in total. The van der Waals surface area contributed by atoms with Gasteiger partial charge >= 0.3 is 5.97 Å². The number of carboxylic acid groups (broad SMARTS) is 1. The van der Waals surface area contributed by atoms with E-state index >= 15 is 0 Å². The van der Waals surface area contributed by atoms with Gasteiger partial charge in [0.2, 0.25) is 0 Å². The molecule has 3 aromatic rings. The Kier molecular flexibility index (Phi) is 5.60. The molecular weight excluding hydrogens is 438 g/mol. The minimum Gasteiger partial charge on any atom is -0.478 e. The number of carbonyl (C=O) groups excluding carboxylic acids is 1. The number of hydrogen-bond acceptors (Lipinski definition) is 3. The minimum absolute atomic E-state index is 0.201. The van der Waals surface area contributed by atoms with E-state index in [4.69, 9.17) is 4.74 Å². The number of ether oxygens (including phenoxy) is 1. The molecule has 3 aliphatic rings. The molecule has 6 rings (SSSR count). The summed E-state index contributed by atoms with van der Waals surface area (Å²) in [6.07, 6.45) is 6.18. The van der Waals surface area contributed by atoms with E-state index in [-0.39, 0.29) is 12.0 Å². The molecular formula is C30H31NO4. The van der Waals surface area contributed by atoms with E-state index in [1.807, 2.05) is 23.1 Å². The lowest BCUT2D eigenvalue weighted by atomic mass is 9.88. The average molecular weight is 470 g/mol. The predicted octanol–water partition coefficient (Wildman–Crippen LogP) is 5.87. The molecule has 2 heterocycles. The highest BCUT2D eigenvalue weighted by Crippen LogP contribution is 2.65. The molecule has 3 aromatic carbocycles. The van der Waals surface area contributed by atoms with Crippen LogP contribution in [0.2, 0.25) is 0 Å². The van der Waals surface area contributed by atoms with Crippen molar-refractivity contribution < 1.29 is 19.4 Å². The molecule has 180 valence electrons. The molecule has 0 unspecified atom stereocenters. The molecule has 5 heteroatoms. The monoisotopic (exact) mass is 469 g/mol. The molecule has 0 bridgehead atoms. The highest BCUT2D eigenvalue weighted by molar-refractivity contribution is 6.04. The molecule has 1 saturated carbocycles. The first-order valence-corrected chi connectivity index (χ1v) is 12.8. The molecule has 5 nitrogen and oxygen atoms in total. The molecule has 2 saturated heterocycles. The van der Waals surface area contributed by atoms with Crippen LogP contribution in [0, 0.1) is 5.41 Å². The summed E-state index contributed by atoms with van der Waals surface area (Å²) < 4.78 is 5.72. The van der Waals surface area contributed by atoms with Crippen LogP contribution in [0.4, 0.5) is 0 Å². The SMILES string of the molecule is O=C(O)c1cccc2cc(-c3ccc([C@H]4CC45CCN(C(=O)[C@H]4CCCCO4)CC5)cc3)ccc12. The van der Waals surface area contributed by atoms with E-state index in [2.05, 4.69) is 30.3 Å². The molecule has 1 amide bonds. The second-order valence-corrected chi connectivity index (χ2v) is 10.5. The number of likely N-dealkylation sites (tertiary alicyclic amines) is 1. The van der Waals surface area contributed by atoms with Crippen LogP contribution in [0.15, 0.2) is 60.7 Å². The Morgan fingerprint density at radius 1 is 0.943 bits per heavy atom. The lowest BCUT2D eigenvalue weighted by molar-refractivity contribution is -0.148. The summed E-state index contributed by atoms with van der Waals surface area (Å²) >= 11 is 0. The normalized spacial score (nSPS) is 23.4. The number of carboxylic acids is 1. The average Bonchev–Trinajstić information content (AvgIpc) is 3.61. The Hall–Kier alpha value is -3.18. The van der Waals surface area contributed by atoms with Gasteiger partial charge in [0.25, 0.3) is 5.91 Å². The number of aromatic carboxylic acids is 1.